The Kier molecular flexibility index (Phi) is 6.87. The minimum atomic E-state index is -3.75. The van der Waals surface area contributed by atoms with Crippen molar-refractivity contribution in [1.82, 2.24) is 20.5 Å². The Morgan fingerprint density at radius 1 is 1.15 bits per heavy atom. The topological polar surface area (TPSA) is 129 Å². The van der Waals surface area contributed by atoms with Crippen molar-refractivity contribution >= 4 is 26.6 Å². The largest absolute Gasteiger partial charge is 0.492 e. The van der Waals surface area contributed by atoms with Crippen molar-refractivity contribution in [3.8, 4) is 5.75 Å². The SMILES string of the molecule is Cc1[nH]nc2cc(OCCNCC(O)c3cccc(NS(=O)(=O)c4cccnc4)c3)ccc12. The van der Waals surface area contributed by atoms with E-state index in [1.165, 1.54) is 18.5 Å². The molecule has 0 saturated heterocycles. The molecule has 1 unspecified atom stereocenters. The molecule has 0 aliphatic heterocycles. The van der Waals surface area contributed by atoms with Crippen molar-refractivity contribution < 1.29 is 18.3 Å². The fraction of sp³-hybridized carbons (Fsp3) is 0.217. The van der Waals surface area contributed by atoms with E-state index in [1.807, 2.05) is 25.1 Å². The normalized spacial score (nSPS) is 12.5. The molecule has 10 heteroatoms. The van der Waals surface area contributed by atoms with E-state index in [-0.39, 0.29) is 4.90 Å². The summed E-state index contributed by atoms with van der Waals surface area (Å²) >= 11 is 0. The van der Waals surface area contributed by atoms with Crippen LogP contribution in [0.5, 0.6) is 5.75 Å². The van der Waals surface area contributed by atoms with E-state index in [0.29, 0.717) is 30.9 Å². The van der Waals surface area contributed by atoms with Crippen molar-refractivity contribution in [3.05, 3.63) is 78.2 Å². The number of aryl methyl sites for hydroxylation is 1. The maximum absolute atomic E-state index is 12.5. The molecule has 1 atom stereocenters. The number of anilines is 1. The van der Waals surface area contributed by atoms with E-state index in [0.717, 1.165) is 22.3 Å². The zero-order valence-corrected chi connectivity index (χ0v) is 18.8. The van der Waals surface area contributed by atoms with Gasteiger partial charge in [-0.25, -0.2) is 8.42 Å². The predicted octanol–water partition coefficient (Wildman–Crippen LogP) is 2.77. The van der Waals surface area contributed by atoms with Crippen LogP contribution in [0.1, 0.15) is 17.4 Å². The summed E-state index contributed by atoms with van der Waals surface area (Å²) in [5, 5.41) is 21.9. The van der Waals surface area contributed by atoms with E-state index in [4.69, 9.17) is 4.74 Å². The molecule has 0 radical (unpaired) electrons. The molecule has 0 saturated carbocycles. The Morgan fingerprint density at radius 3 is 2.85 bits per heavy atom. The van der Waals surface area contributed by atoms with Crippen LogP contribution in [0, 0.1) is 6.92 Å². The fourth-order valence-corrected chi connectivity index (χ4v) is 4.35. The first kappa shape index (κ1) is 22.7. The summed E-state index contributed by atoms with van der Waals surface area (Å²) in [5.41, 5.74) is 2.82. The van der Waals surface area contributed by atoms with Crippen LogP contribution in [0.3, 0.4) is 0 Å². The van der Waals surface area contributed by atoms with E-state index in [1.54, 1.807) is 30.3 Å². The Labute approximate surface area is 191 Å². The lowest BCUT2D eigenvalue weighted by Crippen LogP contribution is -2.26. The number of fused-ring (bicyclic) bond motifs is 1. The van der Waals surface area contributed by atoms with Gasteiger partial charge in [-0.3, -0.25) is 14.8 Å². The smallest absolute Gasteiger partial charge is 0.263 e. The zero-order chi connectivity index (χ0) is 23.3. The van der Waals surface area contributed by atoms with Crippen LogP contribution in [0.25, 0.3) is 10.9 Å². The van der Waals surface area contributed by atoms with Gasteiger partial charge in [-0.15, -0.1) is 0 Å². The Balaban J connectivity index is 1.26. The number of aliphatic hydroxyl groups is 1. The maximum Gasteiger partial charge on any atom is 0.263 e. The number of H-pyrrole nitrogens is 1. The van der Waals surface area contributed by atoms with Crippen molar-refractivity contribution in [3.63, 3.8) is 0 Å². The average Bonchev–Trinajstić information content (AvgIpc) is 3.19. The minimum Gasteiger partial charge on any atom is -0.492 e. The highest BCUT2D eigenvalue weighted by Crippen LogP contribution is 2.22. The number of nitrogens with zero attached hydrogens (tertiary/aromatic N) is 2. The molecule has 9 nitrogen and oxygen atoms in total. The van der Waals surface area contributed by atoms with Gasteiger partial charge in [0.25, 0.3) is 10.0 Å². The summed E-state index contributed by atoms with van der Waals surface area (Å²) in [4.78, 5) is 3.91. The van der Waals surface area contributed by atoms with Gasteiger partial charge in [0.15, 0.2) is 0 Å². The summed E-state index contributed by atoms with van der Waals surface area (Å²) in [7, 11) is -3.75. The maximum atomic E-state index is 12.5. The summed E-state index contributed by atoms with van der Waals surface area (Å²) < 4.78 is 33.2. The summed E-state index contributed by atoms with van der Waals surface area (Å²) in [6.45, 7) is 3.21. The quantitative estimate of drug-likeness (QED) is 0.264. The van der Waals surface area contributed by atoms with Gasteiger partial charge in [0.1, 0.15) is 17.3 Å². The number of ether oxygens (including phenoxy) is 1. The number of benzene rings is 2. The third kappa shape index (κ3) is 5.67. The third-order valence-electron chi connectivity index (χ3n) is 5.07. The molecule has 172 valence electrons. The second-order valence-corrected chi connectivity index (χ2v) is 9.20. The summed E-state index contributed by atoms with van der Waals surface area (Å²) in [6.07, 6.45) is 1.98. The van der Waals surface area contributed by atoms with E-state index < -0.39 is 16.1 Å². The molecule has 2 heterocycles. The standard InChI is InChI=1S/C23H25N5O4S/c1-16-21-8-7-19(13-22(21)27-26-16)32-11-10-25-15-23(29)17-4-2-5-18(12-17)28-33(30,31)20-6-3-9-24-14-20/h2-9,12-14,23,25,28-29H,10-11,15H2,1H3,(H,26,27). The van der Waals surface area contributed by atoms with E-state index in [2.05, 4.69) is 25.2 Å². The average molecular weight is 468 g/mol. The molecule has 4 aromatic rings. The third-order valence-corrected chi connectivity index (χ3v) is 6.44. The number of rotatable bonds is 10. The van der Waals surface area contributed by atoms with Gasteiger partial charge in [0.2, 0.25) is 0 Å². The van der Waals surface area contributed by atoms with Crippen LogP contribution in [-0.2, 0) is 10.0 Å². The van der Waals surface area contributed by atoms with Crippen LogP contribution in [0.4, 0.5) is 5.69 Å². The minimum absolute atomic E-state index is 0.0687. The molecule has 0 bridgehead atoms. The number of pyridine rings is 1. The lowest BCUT2D eigenvalue weighted by Gasteiger charge is -2.14. The Bertz CT molecular complexity index is 1330. The molecular weight excluding hydrogens is 442 g/mol. The number of sulfonamides is 1. The molecule has 0 fully saturated rings. The van der Waals surface area contributed by atoms with E-state index in [9.17, 15) is 13.5 Å². The number of nitrogens with one attached hydrogen (secondary N) is 3. The van der Waals surface area contributed by atoms with Gasteiger partial charge in [0, 0.05) is 48.3 Å². The number of aliphatic hydroxyl groups excluding tert-OH is 1. The zero-order valence-electron chi connectivity index (χ0n) is 18.0. The Hall–Kier alpha value is -3.47. The van der Waals surface area contributed by atoms with Crippen molar-refractivity contribution in [2.45, 2.75) is 17.9 Å². The molecular formula is C23H25N5O4S. The van der Waals surface area contributed by atoms with Crippen molar-refractivity contribution in [1.29, 1.82) is 0 Å². The predicted molar refractivity (Wildman–Crippen MR) is 126 cm³/mol. The highest BCUT2D eigenvalue weighted by atomic mass is 32.2. The van der Waals surface area contributed by atoms with Gasteiger partial charge >= 0.3 is 0 Å². The van der Waals surface area contributed by atoms with Gasteiger partial charge < -0.3 is 15.2 Å². The van der Waals surface area contributed by atoms with Crippen molar-refractivity contribution in [2.24, 2.45) is 0 Å². The molecule has 33 heavy (non-hydrogen) atoms. The molecule has 2 aromatic carbocycles. The van der Waals surface area contributed by atoms with Gasteiger partial charge in [-0.05, 0) is 48.9 Å². The molecule has 2 aromatic heterocycles. The number of aromatic amines is 1. The molecule has 0 spiro atoms. The Morgan fingerprint density at radius 2 is 2.03 bits per heavy atom. The highest BCUT2D eigenvalue weighted by molar-refractivity contribution is 7.92. The second-order valence-electron chi connectivity index (χ2n) is 7.52. The van der Waals surface area contributed by atoms with E-state index >= 15 is 0 Å². The first-order valence-electron chi connectivity index (χ1n) is 10.4. The number of hydrogen-bond acceptors (Lipinski definition) is 7. The van der Waals surface area contributed by atoms with Gasteiger partial charge in [-0.2, -0.15) is 5.10 Å². The van der Waals surface area contributed by atoms with Gasteiger partial charge in [-0.1, -0.05) is 12.1 Å². The lowest BCUT2D eigenvalue weighted by molar-refractivity contribution is 0.172. The van der Waals surface area contributed by atoms with Crippen molar-refractivity contribution in [2.75, 3.05) is 24.4 Å². The number of aromatic nitrogens is 3. The van der Waals surface area contributed by atoms with Crippen LogP contribution < -0.4 is 14.8 Å². The summed E-state index contributed by atoms with van der Waals surface area (Å²) in [5.74, 6) is 0.727. The second kappa shape index (κ2) is 9.99. The molecule has 4 N–H and O–H groups in total. The molecule has 4 rings (SSSR count). The monoisotopic (exact) mass is 467 g/mol. The number of hydrogen-bond donors (Lipinski definition) is 4. The van der Waals surface area contributed by atoms with Crippen LogP contribution >= 0.6 is 0 Å². The highest BCUT2D eigenvalue weighted by Gasteiger charge is 2.15. The van der Waals surface area contributed by atoms with Crippen LogP contribution in [0.2, 0.25) is 0 Å². The summed E-state index contributed by atoms with van der Waals surface area (Å²) in [6, 6.07) is 15.4. The lowest BCUT2D eigenvalue weighted by atomic mass is 10.1. The van der Waals surface area contributed by atoms with Crippen LogP contribution in [0.15, 0.2) is 71.9 Å². The molecule has 0 aliphatic carbocycles. The molecule has 0 aliphatic rings. The first-order chi connectivity index (χ1) is 15.9. The first-order valence-corrected chi connectivity index (χ1v) is 11.9. The van der Waals surface area contributed by atoms with Crippen LogP contribution in [-0.4, -0.2) is 48.4 Å². The fourth-order valence-electron chi connectivity index (χ4n) is 3.34. The van der Waals surface area contributed by atoms with Gasteiger partial charge in [0.05, 0.1) is 11.6 Å². The molecule has 0 amide bonds.